The number of imidazole rings is 1. The Morgan fingerprint density at radius 2 is 1.88 bits per heavy atom. The van der Waals surface area contributed by atoms with Crippen LogP contribution < -0.4 is 10.2 Å². The molecular weight excluding hydrogens is 439 g/mol. The number of rotatable bonds is 5. The molecule has 34 heavy (non-hydrogen) atoms. The van der Waals surface area contributed by atoms with E-state index >= 15 is 0 Å². The Morgan fingerprint density at radius 3 is 2.59 bits per heavy atom. The van der Waals surface area contributed by atoms with Crippen molar-refractivity contribution in [2.24, 2.45) is 0 Å². The predicted octanol–water partition coefficient (Wildman–Crippen LogP) is 2.75. The smallest absolute Gasteiger partial charge is 0.290 e. The number of nitrogens with zero attached hydrogens (tertiary/aromatic N) is 5. The zero-order valence-electron chi connectivity index (χ0n) is 18.6. The summed E-state index contributed by atoms with van der Waals surface area (Å²) >= 11 is 0. The monoisotopic (exact) mass is 464 g/mol. The first kappa shape index (κ1) is 23.3. The van der Waals surface area contributed by atoms with Crippen molar-refractivity contribution in [3.63, 3.8) is 0 Å². The van der Waals surface area contributed by atoms with E-state index in [9.17, 15) is 4.39 Å². The van der Waals surface area contributed by atoms with Crippen LogP contribution >= 0.6 is 0 Å². The summed E-state index contributed by atoms with van der Waals surface area (Å²) < 4.78 is 20.8. The number of hydrogen-bond donors (Lipinski definition) is 2. The first-order valence-corrected chi connectivity index (χ1v) is 10.8. The number of hydrogen-bond acceptors (Lipinski definition) is 7. The third kappa shape index (κ3) is 5.03. The number of nitrogens with one attached hydrogen (secondary N) is 1. The zero-order chi connectivity index (χ0) is 23.9. The van der Waals surface area contributed by atoms with Crippen LogP contribution in [0.3, 0.4) is 0 Å². The molecule has 9 nitrogen and oxygen atoms in total. The molecule has 176 valence electrons. The minimum absolute atomic E-state index is 0.250. The van der Waals surface area contributed by atoms with E-state index in [1.54, 1.807) is 31.6 Å². The fourth-order valence-electron chi connectivity index (χ4n) is 4.00. The Hall–Kier alpha value is -3.89. The van der Waals surface area contributed by atoms with Crippen molar-refractivity contribution in [2.45, 2.75) is 6.04 Å². The second-order valence-corrected chi connectivity index (χ2v) is 7.65. The maximum atomic E-state index is 13.5. The lowest BCUT2D eigenvalue weighted by Gasteiger charge is -2.34. The molecule has 0 unspecified atom stereocenters. The maximum absolute atomic E-state index is 13.5. The molecule has 1 saturated heterocycles. The molecule has 4 heterocycles. The van der Waals surface area contributed by atoms with Crippen LogP contribution in [0.4, 0.5) is 10.2 Å². The lowest BCUT2D eigenvalue weighted by Crippen LogP contribution is -2.52. The van der Waals surface area contributed by atoms with E-state index in [0.717, 1.165) is 47.9 Å². The number of carbonyl (C=O) groups is 1. The van der Waals surface area contributed by atoms with Crippen molar-refractivity contribution < 1.29 is 19.0 Å². The van der Waals surface area contributed by atoms with Crippen LogP contribution in [0.5, 0.6) is 0 Å². The summed E-state index contributed by atoms with van der Waals surface area (Å²) in [5.74, 6) is 1.33. The molecule has 0 amide bonds. The Morgan fingerprint density at radius 1 is 1.15 bits per heavy atom. The van der Waals surface area contributed by atoms with E-state index in [-0.39, 0.29) is 18.3 Å². The van der Waals surface area contributed by atoms with Gasteiger partial charge < -0.3 is 20.1 Å². The molecule has 0 radical (unpaired) electrons. The van der Waals surface area contributed by atoms with E-state index in [2.05, 4.69) is 15.2 Å². The summed E-state index contributed by atoms with van der Waals surface area (Å²) in [5, 5.41) is 10.4. The number of pyridine rings is 2. The van der Waals surface area contributed by atoms with E-state index in [1.165, 1.54) is 12.1 Å². The Bertz CT molecular complexity index is 1230. The zero-order valence-corrected chi connectivity index (χ0v) is 18.6. The predicted molar refractivity (Wildman–Crippen MR) is 127 cm³/mol. The highest BCUT2D eigenvalue weighted by atomic mass is 19.1. The number of piperazine rings is 1. The number of fused-ring (bicyclic) bond motifs is 1. The van der Waals surface area contributed by atoms with Gasteiger partial charge in [0, 0.05) is 50.7 Å². The van der Waals surface area contributed by atoms with Gasteiger partial charge in [-0.25, -0.2) is 14.4 Å². The van der Waals surface area contributed by atoms with E-state index < -0.39 is 0 Å². The molecule has 4 aromatic rings. The van der Waals surface area contributed by atoms with Gasteiger partial charge in [0.2, 0.25) is 0 Å². The number of halogens is 1. The van der Waals surface area contributed by atoms with Crippen LogP contribution in [0.1, 0.15) is 0 Å². The van der Waals surface area contributed by atoms with Crippen LogP contribution in [-0.2, 0) is 9.53 Å². The van der Waals surface area contributed by atoms with E-state index in [1.807, 2.05) is 28.8 Å². The molecule has 0 aliphatic carbocycles. The van der Waals surface area contributed by atoms with Crippen LogP contribution in [0, 0.1) is 5.82 Å². The second-order valence-electron chi connectivity index (χ2n) is 7.65. The fourth-order valence-corrected chi connectivity index (χ4v) is 4.00. The second kappa shape index (κ2) is 10.8. The van der Waals surface area contributed by atoms with Crippen molar-refractivity contribution in [2.75, 3.05) is 38.3 Å². The Kier molecular flexibility index (Phi) is 7.41. The maximum Gasteiger partial charge on any atom is 0.290 e. The topological polar surface area (TPSA) is 105 Å². The van der Waals surface area contributed by atoms with Gasteiger partial charge in [-0.05, 0) is 48.5 Å². The van der Waals surface area contributed by atoms with Crippen LogP contribution in [0.25, 0.3) is 28.2 Å². The highest BCUT2D eigenvalue weighted by Gasteiger charge is 2.22. The van der Waals surface area contributed by atoms with Crippen LogP contribution in [0.2, 0.25) is 0 Å². The van der Waals surface area contributed by atoms with Crippen LogP contribution in [-0.4, -0.2) is 70.5 Å². The highest BCUT2D eigenvalue weighted by molar-refractivity contribution is 5.81. The lowest BCUT2D eigenvalue weighted by molar-refractivity contribution is -0.122. The highest BCUT2D eigenvalue weighted by Crippen LogP contribution is 2.29. The lowest BCUT2D eigenvalue weighted by atomic mass is 10.2. The largest absolute Gasteiger partial charge is 0.483 e. The molecule has 1 atom stereocenters. The molecule has 1 aromatic carbocycles. The van der Waals surface area contributed by atoms with Crippen LogP contribution in [0.15, 0.2) is 60.9 Å². The molecule has 10 heteroatoms. The molecule has 1 aliphatic heterocycles. The van der Waals surface area contributed by atoms with Gasteiger partial charge in [-0.15, -0.1) is 0 Å². The first-order valence-electron chi connectivity index (χ1n) is 10.8. The number of benzene rings is 1. The van der Waals surface area contributed by atoms with E-state index in [0.29, 0.717) is 12.4 Å². The molecule has 0 spiro atoms. The molecule has 1 aliphatic rings. The molecule has 1 fully saturated rings. The number of aromatic nitrogens is 4. The summed E-state index contributed by atoms with van der Waals surface area (Å²) in [6, 6.07) is 14.5. The van der Waals surface area contributed by atoms with Crippen molar-refractivity contribution in [1.82, 2.24) is 24.8 Å². The van der Waals surface area contributed by atoms with Gasteiger partial charge in [0.25, 0.3) is 6.47 Å². The normalized spacial score (nSPS) is 15.6. The Balaban J connectivity index is 0.000000868. The van der Waals surface area contributed by atoms with Crippen molar-refractivity contribution in [3.8, 4) is 17.1 Å². The fraction of sp³-hybridized carbons (Fsp3) is 0.250. The standard InChI is InChI=1S/C23H23FN6O.CH2O2/c1-31-15-18-14-29(13-12-26-18)21-7-6-20-23(28-21)30(19-8-10-25-11-9-19)22(27-20)16-2-4-17(24)5-3-16;2-1-3/h2-11,18,26H,12-15H2,1H3;1H,(H,2,3)/t18-;/m0./s1. The van der Waals surface area contributed by atoms with Gasteiger partial charge in [-0.2, -0.15) is 0 Å². The van der Waals surface area contributed by atoms with Gasteiger partial charge in [0.15, 0.2) is 5.65 Å². The van der Waals surface area contributed by atoms with Gasteiger partial charge in [-0.3, -0.25) is 14.3 Å². The molecular formula is C24H25FN6O3. The third-order valence-corrected chi connectivity index (χ3v) is 5.46. The average molecular weight is 465 g/mol. The van der Waals surface area contributed by atoms with Crippen molar-refractivity contribution in [1.29, 1.82) is 0 Å². The van der Waals surface area contributed by atoms with Gasteiger partial charge in [-0.1, -0.05) is 0 Å². The number of carboxylic acid groups (broad SMARTS) is 1. The van der Waals surface area contributed by atoms with Crippen molar-refractivity contribution >= 4 is 23.5 Å². The minimum atomic E-state index is -0.278. The first-order chi connectivity index (χ1) is 16.6. The van der Waals surface area contributed by atoms with Gasteiger partial charge in [0.05, 0.1) is 12.3 Å². The quantitative estimate of drug-likeness (QED) is 0.435. The van der Waals surface area contributed by atoms with E-state index in [4.69, 9.17) is 24.6 Å². The average Bonchev–Trinajstić information content (AvgIpc) is 3.25. The summed E-state index contributed by atoms with van der Waals surface area (Å²) in [5.41, 5.74) is 3.26. The minimum Gasteiger partial charge on any atom is -0.483 e. The molecule has 2 N–H and O–H groups in total. The summed E-state index contributed by atoms with van der Waals surface area (Å²) in [6.07, 6.45) is 3.48. The van der Waals surface area contributed by atoms with Gasteiger partial charge in [0.1, 0.15) is 23.0 Å². The molecule has 5 rings (SSSR count). The molecule has 3 aromatic heterocycles. The number of ether oxygens (including phenoxy) is 1. The molecule has 0 saturated carbocycles. The van der Waals surface area contributed by atoms with Gasteiger partial charge >= 0.3 is 0 Å². The number of anilines is 1. The molecule has 0 bridgehead atoms. The summed E-state index contributed by atoms with van der Waals surface area (Å²) in [4.78, 5) is 24.6. The number of methoxy groups -OCH3 is 1. The summed E-state index contributed by atoms with van der Waals surface area (Å²) in [7, 11) is 1.72. The third-order valence-electron chi connectivity index (χ3n) is 5.46. The SMILES string of the molecule is COC[C@@H]1CN(c2ccc3nc(-c4ccc(F)cc4)n(-c4ccncc4)c3n2)CCN1.O=CO. The van der Waals surface area contributed by atoms with Crippen molar-refractivity contribution in [3.05, 3.63) is 66.7 Å². The summed E-state index contributed by atoms with van der Waals surface area (Å²) in [6.45, 7) is 2.97. The Labute approximate surface area is 195 Å².